The third kappa shape index (κ3) is 7.72. The zero-order valence-corrected chi connectivity index (χ0v) is 34.6. The molecule has 296 valence electrons. The molecule has 0 N–H and O–H groups in total. The number of nitrogens with zero attached hydrogens (tertiary/aromatic N) is 4. The molecule has 11 nitrogen and oxygen atoms in total. The Balaban J connectivity index is 1.50. The van der Waals surface area contributed by atoms with Crippen LogP contribution in [0, 0.1) is 10.8 Å². The molecule has 2 aliphatic heterocycles. The smallest absolute Gasteiger partial charge is 0.197 e. The number of hydrogen-bond acceptors (Lipinski definition) is 11. The fraction of sp³-hybridized carbons (Fsp3) is 0.400. The molecular weight excluding hydrogens is 709 g/mol. The van der Waals surface area contributed by atoms with Crippen LogP contribution in [-0.4, -0.2) is 70.9 Å². The Bertz CT molecular complexity index is 2020. The fourth-order valence-corrected chi connectivity index (χ4v) is 7.39. The average molecular weight is 763 g/mol. The van der Waals surface area contributed by atoms with Crippen molar-refractivity contribution in [2.75, 3.05) is 51.5 Å². The lowest BCUT2D eigenvalue weighted by Gasteiger charge is -2.27. The van der Waals surface area contributed by atoms with E-state index in [2.05, 4.69) is 27.7 Å². The number of carbonyl (C=O) groups excluding carboxylic acids is 1. The number of ketones is 1. The van der Waals surface area contributed by atoms with E-state index in [0.29, 0.717) is 70.1 Å². The molecule has 0 saturated heterocycles. The van der Waals surface area contributed by atoms with Crippen LogP contribution in [-0.2, 0) is 0 Å². The van der Waals surface area contributed by atoms with Crippen LogP contribution in [0.4, 0.5) is 11.4 Å². The summed E-state index contributed by atoms with van der Waals surface area (Å²) in [6.07, 6.45) is -0.308. The summed E-state index contributed by atoms with van der Waals surface area (Å²) in [6.45, 7) is 17.5. The van der Waals surface area contributed by atoms with Gasteiger partial charge in [-0.1, -0.05) is 39.8 Å². The van der Waals surface area contributed by atoms with Crippen LogP contribution in [0.3, 0.4) is 0 Å². The molecule has 4 aromatic rings. The summed E-state index contributed by atoms with van der Waals surface area (Å²) in [7, 11) is 6.47. The highest BCUT2D eigenvalue weighted by Crippen LogP contribution is 2.45. The zero-order chi connectivity index (χ0) is 40.5. The Morgan fingerprint density at radius 2 is 0.929 bits per heavy atom. The zero-order valence-electron chi connectivity index (χ0n) is 34.6. The number of hydrogen-bond donors (Lipinski definition) is 0. The van der Waals surface area contributed by atoms with Crippen molar-refractivity contribution >= 4 is 28.6 Å². The maximum absolute atomic E-state index is 15.3. The molecule has 0 amide bonds. The maximum Gasteiger partial charge on any atom is 0.197 e. The second-order valence-corrected chi connectivity index (χ2v) is 15.9. The van der Waals surface area contributed by atoms with Gasteiger partial charge in [0.05, 0.1) is 76.3 Å². The minimum atomic E-state index is -0.405. The van der Waals surface area contributed by atoms with Gasteiger partial charge in [-0.05, 0) is 88.4 Å². The Morgan fingerprint density at radius 3 is 1.27 bits per heavy atom. The largest absolute Gasteiger partial charge is 0.493 e. The first-order chi connectivity index (χ1) is 26.6. The number of ether oxygens (including phenoxy) is 6. The van der Waals surface area contributed by atoms with Crippen molar-refractivity contribution in [2.45, 2.75) is 67.6 Å². The van der Waals surface area contributed by atoms with Crippen LogP contribution in [0.25, 0.3) is 0 Å². The SMILES string of the molecule is COc1ccc(C2=NN(c3c(OC(C)C)cccc3C(=O)c3cccc(OC(C)C)c3N3CC(C)(C)C(c4ccc(OC)c(OC)c4)=N3)CC2(C)C)cc1OC. The topological polar surface area (TPSA) is 104 Å². The van der Waals surface area contributed by atoms with E-state index in [1.165, 1.54) is 0 Å². The van der Waals surface area contributed by atoms with Gasteiger partial charge in [0, 0.05) is 22.0 Å². The van der Waals surface area contributed by atoms with Crippen molar-refractivity contribution in [3.8, 4) is 34.5 Å². The van der Waals surface area contributed by atoms with Crippen molar-refractivity contribution in [2.24, 2.45) is 21.0 Å². The number of methoxy groups -OCH3 is 4. The number of para-hydroxylation sites is 2. The van der Waals surface area contributed by atoms with E-state index in [9.17, 15) is 0 Å². The first-order valence-corrected chi connectivity index (χ1v) is 18.9. The van der Waals surface area contributed by atoms with Crippen LogP contribution >= 0.6 is 0 Å². The number of hydrazone groups is 2. The monoisotopic (exact) mass is 762 g/mol. The minimum Gasteiger partial charge on any atom is -0.493 e. The van der Waals surface area contributed by atoms with Gasteiger partial charge in [0.25, 0.3) is 0 Å². The molecule has 2 heterocycles. The number of carbonyl (C=O) groups is 1. The van der Waals surface area contributed by atoms with Gasteiger partial charge in [-0.2, -0.15) is 10.2 Å². The second-order valence-electron chi connectivity index (χ2n) is 15.9. The second kappa shape index (κ2) is 15.8. The van der Waals surface area contributed by atoms with Gasteiger partial charge in [-0.3, -0.25) is 14.8 Å². The van der Waals surface area contributed by atoms with E-state index in [1.54, 1.807) is 28.4 Å². The molecule has 0 atom stereocenters. The van der Waals surface area contributed by atoms with Crippen LogP contribution in [0.1, 0.15) is 82.4 Å². The van der Waals surface area contributed by atoms with E-state index in [0.717, 1.165) is 22.6 Å². The first kappa shape index (κ1) is 40.0. The molecule has 56 heavy (non-hydrogen) atoms. The van der Waals surface area contributed by atoms with Gasteiger partial charge in [0.1, 0.15) is 22.9 Å². The molecule has 0 saturated carbocycles. The van der Waals surface area contributed by atoms with Gasteiger partial charge in [-0.15, -0.1) is 0 Å². The maximum atomic E-state index is 15.3. The first-order valence-electron chi connectivity index (χ1n) is 18.9. The molecule has 11 heteroatoms. The number of anilines is 2. The lowest BCUT2D eigenvalue weighted by molar-refractivity contribution is 0.103. The third-order valence-electron chi connectivity index (χ3n) is 9.86. The van der Waals surface area contributed by atoms with Gasteiger partial charge in [0.2, 0.25) is 0 Å². The van der Waals surface area contributed by atoms with Crippen molar-refractivity contribution < 1.29 is 33.2 Å². The third-order valence-corrected chi connectivity index (χ3v) is 9.86. The molecule has 0 fully saturated rings. The standard InChI is InChI=1S/C45H54N4O7/c1-27(2)55-35-17-13-15-31(39(35)48-25-44(5,6)42(46-48)29-19-21-33(51-9)37(23-29)53-11)41(50)32-16-14-18-36(56-28(3)4)40(32)49-26-45(7,8)43(47-49)30-20-22-34(52-10)38(24-30)54-12/h13-24,27-28H,25-26H2,1-12H3. The average Bonchev–Trinajstić information content (AvgIpc) is 3.66. The van der Waals surface area contributed by atoms with Gasteiger partial charge in [0.15, 0.2) is 28.8 Å². The number of benzene rings is 4. The Labute approximate surface area is 330 Å². The predicted molar refractivity (Wildman–Crippen MR) is 222 cm³/mol. The highest BCUT2D eigenvalue weighted by Gasteiger charge is 2.41. The minimum absolute atomic E-state index is 0.154. The summed E-state index contributed by atoms with van der Waals surface area (Å²) in [4.78, 5) is 15.3. The lowest BCUT2D eigenvalue weighted by atomic mass is 9.84. The molecule has 0 unspecified atom stereocenters. The summed E-state index contributed by atoms with van der Waals surface area (Å²) in [5.74, 6) is 3.40. The lowest BCUT2D eigenvalue weighted by Crippen LogP contribution is -2.30. The quantitative estimate of drug-likeness (QED) is 0.117. The van der Waals surface area contributed by atoms with E-state index in [-0.39, 0.29) is 18.0 Å². The Morgan fingerprint density at radius 1 is 0.554 bits per heavy atom. The van der Waals surface area contributed by atoms with Gasteiger partial charge in [-0.25, -0.2) is 0 Å². The summed E-state index contributed by atoms with van der Waals surface area (Å²) in [5.41, 5.74) is 4.75. The van der Waals surface area contributed by atoms with Crippen molar-refractivity contribution in [1.29, 1.82) is 0 Å². The number of rotatable bonds is 14. The van der Waals surface area contributed by atoms with Crippen molar-refractivity contribution in [1.82, 2.24) is 0 Å². The summed E-state index contributed by atoms with van der Waals surface area (Å²) in [6, 6.07) is 22.8. The van der Waals surface area contributed by atoms with Gasteiger partial charge < -0.3 is 28.4 Å². The van der Waals surface area contributed by atoms with E-state index in [1.807, 2.05) is 111 Å². The molecule has 0 spiro atoms. The summed E-state index contributed by atoms with van der Waals surface area (Å²) >= 11 is 0. The van der Waals surface area contributed by atoms with E-state index >= 15 is 4.79 Å². The van der Waals surface area contributed by atoms with Crippen molar-refractivity contribution in [3.05, 3.63) is 95.1 Å². The predicted octanol–water partition coefficient (Wildman–Crippen LogP) is 9.03. The van der Waals surface area contributed by atoms with E-state index < -0.39 is 10.8 Å². The molecule has 0 aromatic heterocycles. The normalized spacial score (nSPS) is 15.8. The molecule has 4 aromatic carbocycles. The molecule has 2 aliphatic rings. The molecule has 6 rings (SSSR count). The molecule has 0 radical (unpaired) electrons. The summed E-state index contributed by atoms with van der Waals surface area (Å²) in [5, 5.41) is 14.2. The van der Waals surface area contributed by atoms with Crippen LogP contribution in [0.15, 0.2) is 83.0 Å². The molecular formula is C45H54N4O7. The molecule has 0 bridgehead atoms. The fourth-order valence-electron chi connectivity index (χ4n) is 7.39. The van der Waals surface area contributed by atoms with Crippen LogP contribution in [0.2, 0.25) is 0 Å². The summed E-state index contributed by atoms with van der Waals surface area (Å²) < 4.78 is 35.1. The van der Waals surface area contributed by atoms with Gasteiger partial charge >= 0.3 is 0 Å². The van der Waals surface area contributed by atoms with Crippen molar-refractivity contribution in [3.63, 3.8) is 0 Å². The highest BCUT2D eigenvalue weighted by molar-refractivity contribution is 6.18. The van der Waals surface area contributed by atoms with Crippen LogP contribution in [0.5, 0.6) is 34.5 Å². The van der Waals surface area contributed by atoms with Crippen LogP contribution < -0.4 is 38.4 Å². The highest BCUT2D eigenvalue weighted by atomic mass is 16.5. The van der Waals surface area contributed by atoms with E-state index in [4.69, 9.17) is 38.6 Å². The molecule has 0 aliphatic carbocycles. The Kier molecular flexibility index (Phi) is 11.3. The Hall–Kier alpha value is -5.71.